The van der Waals surface area contributed by atoms with E-state index in [1.165, 1.54) is 110 Å². The van der Waals surface area contributed by atoms with Gasteiger partial charge in [-0.1, -0.05) is 164 Å². The van der Waals surface area contributed by atoms with Gasteiger partial charge in [-0.2, -0.15) is 0 Å². The molecule has 0 unspecified atom stereocenters. The lowest BCUT2D eigenvalue weighted by atomic mass is 9.45. The summed E-state index contributed by atoms with van der Waals surface area (Å²) in [6.07, 6.45) is 0. The molecule has 0 radical (unpaired) electrons. The molecule has 0 fully saturated rings. The predicted molar refractivity (Wildman–Crippen MR) is 290 cm³/mol. The molecule has 0 spiro atoms. The Morgan fingerprint density at radius 3 is 1.51 bits per heavy atom. The van der Waals surface area contributed by atoms with Crippen LogP contribution >= 0.6 is 0 Å². The zero-order chi connectivity index (χ0) is 45.0. The van der Waals surface area contributed by atoms with Crippen LogP contribution in [0.5, 0.6) is 0 Å². The zero-order valence-electron chi connectivity index (χ0n) is 37.9. The van der Waals surface area contributed by atoms with Crippen molar-refractivity contribution in [2.45, 2.75) is 13.8 Å². The molecular formula is C64H44BN3. The summed E-state index contributed by atoms with van der Waals surface area (Å²) in [5.74, 6) is 0. The molecule has 2 aliphatic rings. The first-order valence-corrected chi connectivity index (χ1v) is 23.7. The van der Waals surface area contributed by atoms with Gasteiger partial charge in [-0.3, -0.25) is 0 Å². The Labute approximate surface area is 396 Å². The van der Waals surface area contributed by atoms with Gasteiger partial charge < -0.3 is 14.3 Å². The third-order valence-corrected chi connectivity index (χ3v) is 14.9. The third-order valence-electron chi connectivity index (χ3n) is 14.9. The monoisotopic (exact) mass is 865 g/mol. The van der Waals surface area contributed by atoms with Gasteiger partial charge in [0.1, 0.15) is 0 Å². The highest BCUT2D eigenvalue weighted by atomic mass is 15.2. The highest BCUT2D eigenvalue weighted by molar-refractivity contribution is 6.90. The van der Waals surface area contributed by atoms with E-state index in [9.17, 15) is 0 Å². The summed E-state index contributed by atoms with van der Waals surface area (Å²) in [6.45, 7) is 4.52. The number of fused-ring (bicyclic) bond motifs is 9. The van der Waals surface area contributed by atoms with Crippen LogP contribution in [-0.2, 0) is 0 Å². The van der Waals surface area contributed by atoms with Crippen LogP contribution in [0.2, 0.25) is 0 Å². The summed E-state index contributed by atoms with van der Waals surface area (Å²) >= 11 is 0. The molecule has 0 atom stereocenters. The van der Waals surface area contributed by atoms with Crippen LogP contribution in [0.15, 0.2) is 231 Å². The van der Waals surface area contributed by atoms with Crippen molar-refractivity contribution >= 4 is 95.2 Å². The second kappa shape index (κ2) is 15.0. The maximum Gasteiger partial charge on any atom is 0.333 e. The van der Waals surface area contributed by atoms with Crippen LogP contribution in [0.1, 0.15) is 11.1 Å². The van der Waals surface area contributed by atoms with Crippen molar-refractivity contribution in [1.29, 1.82) is 0 Å². The fourth-order valence-corrected chi connectivity index (χ4v) is 11.8. The fraction of sp³-hybridized carbons (Fsp3) is 0.0312. The molecule has 0 saturated carbocycles. The highest BCUT2D eigenvalue weighted by Gasteiger charge is 2.44. The van der Waals surface area contributed by atoms with E-state index in [0.717, 1.165) is 22.7 Å². The highest BCUT2D eigenvalue weighted by Crippen LogP contribution is 2.50. The Kier molecular flexibility index (Phi) is 8.51. The first kappa shape index (κ1) is 38.7. The Hall–Kier alpha value is -8.60. The normalized spacial score (nSPS) is 12.5. The minimum absolute atomic E-state index is 0.110. The molecule has 0 amide bonds. The van der Waals surface area contributed by atoms with Gasteiger partial charge in [-0.05, 0) is 152 Å². The SMILES string of the molecule is Cc1c2ccccc2c(C)c2cc3c(cc12)B1c2c(cc(N(c4ccccc4)c4ccccc4)cc2N3c2cc(-c3ccccc3)cc(-c3ccccc3)c2)-c2cccc3c4ccccc4n1c23. The van der Waals surface area contributed by atoms with Gasteiger partial charge in [0.25, 0.3) is 0 Å². The third kappa shape index (κ3) is 5.67. The van der Waals surface area contributed by atoms with E-state index in [4.69, 9.17) is 0 Å². The molecule has 0 bridgehead atoms. The summed E-state index contributed by atoms with van der Waals surface area (Å²) in [4.78, 5) is 5.04. The lowest BCUT2D eigenvalue weighted by Gasteiger charge is -2.42. The van der Waals surface area contributed by atoms with Crippen molar-refractivity contribution in [3.8, 4) is 33.4 Å². The maximum atomic E-state index is 2.68. The Balaban J connectivity index is 1.17. The number of benzene rings is 11. The molecule has 14 rings (SSSR count). The molecule has 1 aromatic heterocycles. The number of hydrogen-bond donors (Lipinski definition) is 0. The zero-order valence-corrected chi connectivity index (χ0v) is 37.9. The molecule has 4 heteroatoms. The molecule has 12 aromatic rings. The van der Waals surface area contributed by atoms with E-state index in [1.54, 1.807) is 0 Å². The van der Waals surface area contributed by atoms with Gasteiger partial charge in [-0.25, -0.2) is 0 Å². The summed E-state index contributed by atoms with van der Waals surface area (Å²) in [7, 11) is 0. The van der Waals surface area contributed by atoms with E-state index in [1.807, 2.05) is 0 Å². The first-order valence-electron chi connectivity index (χ1n) is 23.7. The maximum absolute atomic E-state index is 2.68. The molecule has 3 nitrogen and oxygen atoms in total. The Morgan fingerprint density at radius 2 is 0.897 bits per heavy atom. The Morgan fingerprint density at radius 1 is 0.368 bits per heavy atom. The lowest BCUT2D eigenvalue weighted by molar-refractivity contribution is 1.24. The Bertz CT molecular complexity index is 3890. The van der Waals surface area contributed by atoms with Crippen molar-refractivity contribution in [2.24, 2.45) is 0 Å². The van der Waals surface area contributed by atoms with Crippen LogP contribution in [0.25, 0.3) is 76.7 Å². The lowest BCUT2D eigenvalue weighted by Crippen LogP contribution is -2.56. The number of hydrogen-bond acceptors (Lipinski definition) is 2. The molecular weight excluding hydrogens is 822 g/mol. The first-order chi connectivity index (χ1) is 33.6. The fourth-order valence-electron chi connectivity index (χ4n) is 11.8. The van der Waals surface area contributed by atoms with Crippen LogP contribution in [0, 0.1) is 13.8 Å². The number of para-hydroxylation sites is 4. The summed E-state index contributed by atoms with van der Waals surface area (Å²) in [5.41, 5.74) is 21.8. The predicted octanol–water partition coefficient (Wildman–Crippen LogP) is 15.9. The number of rotatable bonds is 6. The van der Waals surface area contributed by atoms with E-state index < -0.39 is 0 Å². The molecule has 0 saturated heterocycles. The van der Waals surface area contributed by atoms with Crippen LogP contribution in [-0.4, -0.2) is 11.3 Å². The summed E-state index contributed by atoms with van der Waals surface area (Å²) < 4.78 is 2.68. The van der Waals surface area contributed by atoms with Crippen LogP contribution in [0.4, 0.5) is 34.1 Å². The van der Waals surface area contributed by atoms with Crippen LogP contribution < -0.4 is 20.7 Å². The minimum Gasteiger partial charge on any atom is -0.375 e. The second-order valence-corrected chi connectivity index (χ2v) is 18.5. The topological polar surface area (TPSA) is 11.4 Å². The average molecular weight is 866 g/mol. The van der Waals surface area contributed by atoms with Crippen molar-refractivity contribution in [1.82, 2.24) is 4.48 Å². The largest absolute Gasteiger partial charge is 0.375 e. The van der Waals surface area contributed by atoms with E-state index >= 15 is 0 Å². The van der Waals surface area contributed by atoms with Crippen molar-refractivity contribution < 1.29 is 0 Å². The summed E-state index contributed by atoms with van der Waals surface area (Å²) in [6, 6.07) is 85.6. The van der Waals surface area contributed by atoms with E-state index in [-0.39, 0.29) is 6.85 Å². The van der Waals surface area contributed by atoms with Crippen molar-refractivity contribution in [2.75, 3.05) is 9.80 Å². The molecule has 0 aliphatic carbocycles. The number of anilines is 6. The second-order valence-electron chi connectivity index (χ2n) is 18.5. The number of nitrogens with zero attached hydrogens (tertiary/aromatic N) is 3. The van der Waals surface area contributed by atoms with Gasteiger partial charge in [0.2, 0.25) is 0 Å². The average Bonchev–Trinajstić information content (AvgIpc) is 3.74. The van der Waals surface area contributed by atoms with Gasteiger partial charge in [-0.15, -0.1) is 0 Å². The molecule has 68 heavy (non-hydrogen) atoms. The van der Waals surface area contributed by atoms with Gasteiger partial charge in [0.15, 0.2) is 0 Å². The van der Waals surface area contributed by atoms with Gasteiger partial charge in [0, 0.05) is 61.5 Å². The minimum atomic E-state index is -0.110. The quantitative estimate of drug-likeness (QED) is 0.122. The van der Waals surface area contributed by atoms with Crippen molar-refractivity contribution in [3.05, 3.63) is 242 Å². The molecule has 11 aromatic carbocycles. The molecule has 0 N–H and O–H groups in total. The van der Waals surface area contributed by atoms with Gasteiger partial charge in [0.05, 0.1) is 0 Å². The smallest absolute Gasteiger partial charge is 0.333 e. The van der Waals surface area contributed by atoms with Gasteiger partial charge >= 0.3 is 6.85 Å². The molecule has 3 heterocycles. The number of aryl methyl sites for hydroxylation is 2. The molecule has 318 valence electrons. The molecule has 2 aliphatic heterocycles. The van der Waals surface area contributed by atoms with Crippen molar-refractivity contribution in [3.63, 3.8) is 0 Å². The number of aromatic nitrogens is 1. The van der Waals surface area contributed by atoms with Crippen LogP contribution in [0.3, 0.4) is 0 Å². The van der Waals surface area contributed by atoms with E-state index in [2.05, 4.69) is 259 Å². The summed E-state index contributed by atoms with van der Waals surface area (Å²) in [5, 5.41) is 7.75. The standard InChI is InChI=1S/C64H44BN3/c1-41-51-28-15-16-29-52(51)42(2)57-40-61-59(39-56(41)57)65-63-58(55-32-19-31-54-53-30-17-18-33-60(53)68(65)64(54)55)37-50(66(47-24-11-5-12-25-47)48-26-13-6-14-27-48)38-62(63)67(61)49-35-45(43-20-7-3-8-21-43)34-46(36-49)44-22-9-4-10-23-44/h3-40H,1-2H3. The van der Waals surface area contributed by atoms with E-state index in [0.29, 0.717) is 0 Å².